The normalized spacial score (nSPS) is 9.94. The monoisotopic (exact) mass is 231 g/mol. The number of amides is 1. The molecule has 0 bridgehead atoms. The first kappa shape index (κ1) is 11.1. The molecule has 0 saturated carbocycles. The molecule has 2 rings (SSSR count). The summed E-state index contributed by atoms with van der Waals surface area (Å²) < 4.78 is 0. The number of imidazole rings is 1. The van der Waals surface area contributed by atoms with Gasteiger partial charge in [-0.15, -0.1) is 0 Å². The summed E-state index contributed by atoms with van der Waals surface area (Å²) in [4.78, 5) is 22.6. The predicted molar refractivity (Wildman–Crippen MR) is 64.9 cm³/mol. The van der Waals surface area contributed by atoms with Crippen LogP contribution in [0.25, 0.3) is 0 Å². The summed E-state index contributed by atoms with van der Waals surface area (Å²) in [6, 6.07) is 3.48. The van der Waals surface area contributed by atoms with Crippen molar-refractivity contribution in [1.29, 1.82) is 0 Å². The Bertz CT molecular complexity index is 477. The van der Waals surface area contributed by atoms with Crippen LogP contribution in [0.5, 0.6) is 0 Å². The maximum Gasteiger partial charge on any atom is 0.259 e. The van der Waals surface area contributed by atoms with Crippen LogP contribution >= 0.6 is 0 Å². The molecular weight excluding hydrogens is 218 g/mol. The third-order valence-electron chi connectivity index (χ3n) is 2.11. The van der Waals surface area contributed by atoms with E-state index in [0.29, 0.717) is 11.5 Å². The van der Waals surface area contributed by atoms with E-state index in [0.717, 1.165) is 12.4 Å². The molecule has 2 heterocycles. The fourth-order valence-electron chi connectivity index (χ4n) is 1.33. The number of carbonyl (C=O) groups is 1. The molecule has 0 aliphatic heterocycles. The van der Waals surface area contributed by atoms with Crippen LogP contribution in [-0.2, 0) is 0 Å². The van der Waals surface area contributed by atoms with Gasteiger partial charge >= 0.3 is 0 Å². The van der Waals surface area contributed by atoms with Crippen LogP contribution < -0.4 is 10.6 Å². The minimum atomic E-state index is -0.240. The molecule has 17 heavy (non-hydrogen) atoms. The third-order valence-corrected chi connectivity index (χ3v) is 2.11. The van der Waals surface area contributed by atoms with E-state index in [1.807, 2.05) is 6.92 Å². The Morgan fingerprint density at radius 1 is 1.41 bits per heavy atom. The molecule has 3 N–H and O–H groups in total. The minimum absolute atomic E-state index is 0.240. The van der Waals surface area contributed by atoms with E-state index in [2.05, 4.69) is 25.6 Å². The van der Waals surface area contributed by atoms with Gasteiger partial charge in [-0.05, 0) is 19.1 Å². The van der Waals surface area contributed by atoms with Crippen LogP contribution in [-0.4, -0.2) is 27.4 Å². The minimum Gasteiger partial charge on any atom is -0.370 e. The Morgan fingerprint density at radius 2 is 2.29 bits per heavy atom. The molecule has 0 unspecified atom stereocenters. The first-order chi connectivity index (χ1) is 8.29. The lowest BCUT2D eigenvalue weighted by Gasteiger charge is -2.04. The molecular formula is C11H13N5O. The van der Waals surface area contributed by atoms with Crippen LogP contribution in [0.1, 0.15) is 17.3 Å². The highest BCUT2D eigenvalue weighted by atomic mass is 16.1. The Hall–Kier alpha value is -2.37. The number of aromatic amines is 1. The first-order valence-electron chi connectivity index (χ1n) is 5.30. The van der Waals surface area contributed by atoms with E-state index >= 15 is 0 Å². The largest absolute Gasteiger partial charge is 0.370 e. The van der Waals surface area contributed by atoms with Gasteiger partial charge in [-0.25, -0.2) is 9.97 Å². The summed E-state index contributed by atoms with van der Waals surface area (Å²) in [5, 5.41) is 5.68. The van der Waals surface area contributed by atoms with Crippen molar-refractivity contribution in [3.63, 3.8) is 0 Å². The van der Waals surface area contributed by atoms with E-state index in [1.165, 1.54) is 6.20 Å². The average Bonchev–Trinajstić information content (AvgIpc) is 2.83. The maximum atomic E-state index is 11.7. The average molecular weight is 231 g/mol. The van der Waals surface area contributed by atoms with Gasteiger partial charge in [0.25, 0.3) is 5.91 Å². The predicted octanol–water partition coefficient (Wildman–Crippen LogP) is 1.49. The molecule has 88 valence electrons. The number of anilines is 2. The van der Waals surface area contributed by atoms with E-state index in [9.17, 15) is 4.79 Å². The standard InChI is InChI=1S/C11H13N5O/c1-2-12-9-4-3-8(7-15-9)10(17)16-11-13-5-6-14-11/h3-7H,2H2,1H3,(H,12,15)(H2,13,14,16,17). The van der Waals surface area contributed by atoms with Crippen molar-refractivity contribution >= 4 is 17.7 Å². The summed E-state index contributed by atoms with van der Waals surface area (Å²) in [5.74, 6) is 0.934. The highest BCUT2D eigenvalue weighted by molar-refractivity contribution is 6.03. The summed E-state index contributed by atoms with van der Waals surface area (Å²) in [6.07, 6.45) is 4.74. The number of hydrogen-bond acceptors (Lipinski definition) is 4. The lowest BCUT2D eigenvalue weighted by atomic mass is 10.2. The number of nitrogens with one attached hydrogen (secondary N) is 3. The van der Waals surface area contributed by atoms with Gasteiger partial charge in [-0.3, -0.25) is 10.1 Å². The Balaban J connectivity index is 2.04. The topological polar surface area (TPSA) is 82.7 Å². The fourth-order valence-corrected chi connectivity index (χ4v) is 1.33. The van der Waals surface area contributed by atoms with Gasteiger partial charge in [0, 0.05) is 25.1 Å². The molecule has 0 radical (unpaired) electrons. The van der Waals surface area contributed by atoms with Crippen LogP contribution in [0.4, 0.5) is 11.8 Å². The quantitative estimate of drug-likeness (QED) is 0.744. The Kier molecular flexibility index (Phi) is 3.34. The van der Waals surface area contributed by atoms with Crippen molar-refractivity contribution in [2.75, 3.05) is 17.2 Å². The van der Waals surface area contributed by atoms with Crippen LogP contribution in [0, 0.1) is 0 Å². The van der Waals surface area contributed by atoms with Gasteiger partial charge in [-0.1, -0.05) is 0 Å². The van der Waals surface area contributed by atoms with Gasteiger partial charge in [0.05, 0.1) is 5.56 Å². The Morgan fingerprint density at radius 3 is 2.88 bits per heavy atom. The molecule has 2 aromatic heterocycles. The number of aromatic nitrogens is 3. The number of hydrogen-bond donors (Lipinski definition) is 3. The summed E-state index contributed by atoms with van der Waals surface area (Å²) in [7, 11) is 0. The second-order valence-corrected chi connectivity index (χ2v) is 3.35. The third kappa shape index (κ3) is 2.81. The smallest absolute Gasteiger partial charge is 0.259 e. The van der Waals surface area contributed by atoms with Crippen molar-refractivity contribution in [3.05, 3.63) is 36.3 Å². The zero-order valence-corrected chi connectivity index (χ0v) is 9.40. The van der Waals surface area contributed by atoms with Crippen molar-refractivity contribution in [2.45, 2.75) is 6.92 Å². The molecule has 0 atom stereocenters. The zero-order valence-electron chi connectivity index (χ0n) is 9.40. The number of H-pyrrole nitrogens is 1. The molecule has 0 aliphatic carbocycles. The van der Waals surface area contributed by atoms with Gasteiger partial charge in [-0.2, -0.15) is 0 Å². The number of nitrogens with zero attached hydrogens (tertiary/aromatic N) is 2. The summed E-state index contributed by atoms with van der Waals surface area (Å²) in [5.41, 5.74) is 0.489. The van der Waals surface area contributed by atoms with E-state index in [-0.39, 0.29) is 5.91 Å². The van der Waals surface area contributed by atoms with Crippen LogP contribution in [0.3, 0.4) is 0 Å². The van der Waals surface area contributed by atoms with Crippen molar-refractivity contribution < 1.29 is 4.79 Å². The number of rotatable bonds is 4. The van der Waals surface area contributed by atoms with Gasteiger partial charge in [0.1, 0.15) is 5.82 Å². The lowest BCUT2D eigenvalue weighted by molar-refractivity contribution is 0.102. The van der Waals surface area contributed by atoms with E-state index in [1.54, 1.807) is 24.5 Å². The highest BCUT2D eigenvalue weighted by Gasteiger charge is 2.07. The molecule has 0 saturated heterocycles. The molecule has 0 spiro atoms. The number of pyridine rings is 1. The zero-order chi connectivity index (χ0) is 12.1. The van der Waals surface area contributed by atoms with Crippen molar-refractivity contribution in [3.8, 4) is 0 Å². The van der Waals surface area contributed by atoms with Gasteiger partial charge in [0.2, 0.25) is 5.95 Å². The van der Waals surface area contributed by atoms with Crippen LogP contribution in [0.2, 0.25) is 0 Å². The van der Waals surface area contributed by atoms with Crippen molar-refractivity contribution in [2.24, 2.45) is 0 Å². The fraction of sp³-hybridized carbons (Fsp3) is 0.182. The summed E-state index contributed by atoms with van der Waals surface area (Å²) >= 11 is 0. The molecule has 0 aromatic carbocycles. The van der Waals surface area contributed by atoms with Gasteiger partial charge in [0.15, 0.2) is 0 Å². The molecule has 2 aromatic rings. The second-order valence-electron chi connectivity index (χ2n) is 3.35. The molecule has 0 fully saturated rings. The van der Waals surface area contributed by atoms with Crippen LogP contribution in [0.15, 0.2) is 30.7 Å². The Labute approximate surface area is 98.5 Å². The lowest BCUT2D eigenvalue weighted by Crippen LogP contribution is -2.13. The van der Waals surface area contributed by atoms with Gasteiger partial charge < -0.3 is 10.3 Å². The van der Waals surface area contributed by atoms with E-state index < -0.39 is 0 Å². The second kappa shape index (κ2) is 5.11. The van der Waals surface area contributed by atoms with E-state index in [4.69, 9.17) is 0 Å². The highest BCUT2D eigenvalue weighted by Crippen LogP contribution is 2.06. The SMILES string of the molecule is CCNc1ccc(C(=O)Nc2ncc[nH]2)cn1. The molecule has 1 amide bonds. The maximum absolute atomic E-state index is 11.7. The summed E-state index contributed by atoms with van der Waals surface area (Å²) in [6.45, 7) is 2.78. The molecule has 0 aliphatic rings. The number of carbonyl (C=O) groups excluding carboxylic acids is 1. The first-order valence-corrected chi connectivity index (χ1v) is 5.30. The van der Waals surface area contributed by atoms with Crippen molar-refractivity contribution in [1.82, 2.24) is 15.0 Å². The molecule has 6 nitrogen and oxygen atoms in total. The molecule has 6 heteroatoms.